The van der Waals surface area contributed by atoms with Crippen molar-refractivity contribution in [2.75, 3.05) is 32.7 Å². The van der Waals surface area contributed by atoms with Gasteiger partial charge in [0.25, 0.3) is 0 Å². The van der Waals surface area contributed by atoms with E-state index < -0.39 is 0 Å². The summed E-state index contributed by atoms with van der Waals surface area (Å²) in [4.78, 5) is 24.7. The summed E-state index contributed by atoms with van der Waals surface area (Å²) in [6.45, 7) is 10.5. The van der Waals surface area contributed by atoms with Gasteiger partial charge >= 0.3 is 0 Å². The molecule has 0 spiro atoms. The maximum atomic E-state index is 12.0. The van der Waals surface area contributed by atoms with Gasteiger partial charge in [0.05, 0.1) is 10.7 Å². The van der Waals surface area contributed by atoms with Crippen molar-refractivity contribution in [2.45, 2.75) is 65.7 Å². The molecule has 1 aliphatic heterocycles. The Hall–Kier alpha value is -1.63. The molecule has 0 aliphatic carbocycles. The standard InChI is InChI=1S/C20H35N5OS/c1-4-17-16(3)27-18(24-17)11-13-23-20(21-5-2)22-12-9-15-25-14-8-6-7-10-19(25)26/h4-15H2,1-3H3,(H2,21,22,23). The van der Waals surface area contributed by atoms with E-state index in [1.54, 1.807) is 11.3 Å². The van der Waals surface area contributed by atoms with E-state index in [4.69, 9.17) is 4.98 Å². The molecular formula is C20H35N5OS. The molecule has 2 rings (SSSR count). The Bertz CT molecular complexity index is 614. The number of carbonyl (C=O) groups is 1. The zero-order chi connectivity index (χ0) is 19.5. The first-order valence-electron chi connectivity index (χ1n) is 10.4. The number of nitrogens with one attached hydrogen (secondary N) is 2. The molecule has 0 bridgehead atoms. The van der Waals surface area contributed by atoms with Gasteiger partial charge in [0.2, 0.25) is 5.91 Å². The minimum absolute atomic E-state index is 0.312. The maximum Gasteiger partial charge on any atom is 0.222 e. The summed E-state index contributed by atoms with van der Waals surface area (Å²) in [6.07, 6.45) is 6.89. The van der Waals surface area contributed by atoms with Gasteiger partial charge in [0.15, 0.2) is 5.96 Å². The van der Waals surface area contributed by atoms with E-state index in [0.29, 0.717) is 12.3 Å². The van der Waals surface area contributed by atoms with Gasteiger partial charge < -0.3 is 15.5 Å². The van der Waals surface area contributed by atoms with Gasteiger partial charge in [-0.1, -0.05) is 13.3 Å². The van der Waals surface area contributed by atoms with E-state index in [-0.39, 0.29) is 0 Å². The molecule has 1 amide bonds. The van der Waals surface area contributed by atoms with Crippen molar-refractivity contribution in [1.82, 2.24) is 20.5 Å². The van der Waals surface area contributed by atoms with Crippen molar-refractivity contribution in [1.29, 1.82) is 0 Å². The Balaban J connectivity index is 1.73. The topological polar surface area (TPSA) is 69.6 Å². The molecule has 152 valence electrons. The fraction of sp³-hybridized carbons (Fsp3) is 0.750. The molecule has 1 aliphatic rings. The van der Waals surface area contributed by atoms with Crippen LogP contribution >= 0.6 is 11.3 Å². The maximum absolute atomic E-state index is 12.0. The average molecular weight is 394 g/mol. The van der Waals surface area contributed by atoms with Crippen LogP contribution in [-0.4, -0.2) is 54.5 Å². The summed E-state index contributed by atoms with van der Waals surface area (Å²) in [5.74, 6) is 1.16. The summed E-state index contributed by atoms with van der Waals surface area (Å²) < 4.78 is 0. The number of amides is 1. The summed E-state index contributed by atoms with van der Waals surface area (Å²) >= 11 is 1.79. The number of guanidine groups is 1. The number of aromatic nitrogens is 1. The van der Waals surface area contributed by atoms with Crippen LogP contribution in [0.2, 0.25) is 0 Å². The number of rotatable bonds is 9. The van der Waals surface area contributed by atoms with Crippen molar-refractivity contribution in [3.63, 3.8) is 0 Å². The molecule has 2 N–H and O–H groups in total. The Kier molecular flexibility index (Phi) is 9.59. The number of hydrogen-bond donors (Lipinski definition) is 2. The Morgan fingerprint density at radius 2 is 2.11 bits per heavy atom. The fourth-order valence-electron chi connectivity index (χ4n) is 3.28. The van der Waals surface area contributed by atoms with Crippen LogP contribution in [0.1, 0.15) is 61.5 Å². The van der Waals surface area contributed by atoms with Crippen LogP contribution in [0, 0.1) is 6.92 Å². The van der Waals surface area contributed by atoms with Crippen LogP contribution in [0.25, 0.3) is 0 Å². The summed E-state index contributed by atoms with van der Waals surface area (Å²) in [7, 11) is 0. The average Bonchev–Trinajstić information content (AvgIpc) is 2.89. The predicted molar refractivity (Wildman–Crippen MR) is 114 cm³/mol. The lowest BCUT2D eigenvalue weighted by molar-refractivity contribution is -0.130. The summed E-state index contributed by atoms with van der Waals surface area (Å²) in [6, 6.07) is 0. The van der Waals surface area contributed by atoms with E-state index in [1.165, 1.54) is 22.0 Å². The molecule has 1 fully saturated rings. The molecule has 0 saturated carbocycles. The molecule has 0 atom stereocenters. The number of nitrogens with zero attached hydrogens (tertiary/aromatic N) is 3. The number of hydrogen-bond acceptors (Lipinski definition) is 4. The number of thiazole rings is 1. The third-order valence-electron chi connectivity index (χ3n) is 4.77. The highest BCUT2D eigenvalue weighted by Crippen LogP contribution is 2.18. The number of likely N-dealkylation sites (tertiary alicyclic amines) is 1. The van der Waals surface area contributed by atoms with Gasteiger partial charge in [-0.05, 0) is 39.5 Å². The van der Waals surface area contributed by atoms with Gasteiger partial charge in [-0.3, -0.25) is 9.79 Å². The lowest BCUT2D eigenvalue weighted by Gasteiger charge is -2.20. The molecule has 27 heavy (non-hydrogen) atoms. The van der Waals surface area contributed by atoms with E-state index in [9.17, 15) is 4.79 Å². The van der Waals surface area contributed by atoms with Gasteiger partial charge in [0.1, 0.15) is 0 Å². The second-order valence-corrected chi connectivity index (χ2v) is 8.23. The van der Waals surface area contributed by atoms with Crippen LogP contribution in [0.15, 0.2) is 4.99 Å². The van der Waals surface area contributed by atoms with Crippen molar-refractivity contribution >= 4 is 23.2 Å². The molecule has 2 heterocycles. The predicted octanol–water partition coefficient (Wildman–Crippen LogP) is 2.90. The molecule has 1 saturated heterocycles. The third kappa shape index (κ3) is 7.48. The van der Waals surface area contributed by atoms with Crippen molar-refractivity contribution in [3.8, 4) is 0 Å². The number of aliphatic imine (C=N–C) groups is 1. The fourth-order valence-corrected chi connectivity index (χ4v) is 4.30. The first kappa shape index (κ1) is 21.7. The smallest absolute Gasteiger partial charge is 0.222 e. The first-order valence-corrected chi connectivity index (χ1v) is 11.2. The molecule has 0 unspecified atom stereocenters. The highest BCUT2D eigenvalue weighted by molar-refractivity contribution is 7.11. The van der Waals surface area contributed by atoms with Crippen LogP contribution in [0.4, 0.5) is 0 Å². The molecule has 1 aromatic rings. The van der Waals surface area contributed by atoms with Gasteiger partial charge in [-0.25, -0.2) is 4.98 Å². The monoisotopic (exact) mass is 393 g/mol. The Labute approximate surface area is 167 Å². The van der Waals surface area contributed by atoms with Gasteiger partial charge in [-0.2, -0.15) is 0 Å². The minimum atomic E-state index is 0.312. The highest BCUT2D eigenvalue weighted by Gasteiger charge is 2.15. The van der Waals surface area contributed by atoms with E-state index in [1.807, 2.05) is 4.90 Å². The Morgan fingerprint density at radius 1 is 1.26 bits per heavy atom. The number of carbonyl (C=O) groups excluding carboxylic acids is 1. The molecule has 7 heteroatoms. The van der Waals surface area contributed by atoms with E-state index >= 15 is 0 Å². The summed E-state index contributed by atoms with van der Waals surface area (Å²) in [5, 5.41) is 7.88. The lowest BCUT2D eigenvalue weighted by Crippen LogP contribution is -2.38. The highest BCUT2D eigenvalue weighted by atomic mass is 32.1. The van der Waals surface area contributed by atoms with Crippen molar-refractivity contribution < 1.29 is 4.79 Å². The van der Waals surface area contributed by atoms with Crippen molar-refractivity contribution in [2.24, 2.45) is 4.99 Å². The Morgan fingerprint density at radius 3 is 2.85 bits per heavy atom. The van der Waals surface area contributed by atoms with Crippen LogP contribution < -0.4 is 10.6 Å². The van der Waals surface area contributed by atoms with Gasteiger partial charge in [-0.15, -0.1) is 11.3 Å². The molecular weight excluding hydrogens is 358 g/mol. The largest absolute Gasteiger partial charge is 0.357 e. The first-order chi connectivity index (χ1) is 13.1. The van der Waals surface area contributed by atoms with Crippen LogP contribution in [0.5, 0.6) is 0 Å². The lowest BCUT2D eigenvalue weighted by atomic mass is 10.2. The SMILES string of the molecule is CCNC(=NCCCN1CCCCCC1=O)NCCc1nc(CC)c(C)s1. The molecule has 0 radical (unpaired) electrons. The van der Waals surface area contributed by atoms with Crippen LogP contribution in [-0.2, 0) is 17.6 Å². The zero-order valence-electron chi connectivity index (χ0n) is 17.1. The van der Waals surface area contributed by atoms with Gasteiger partial charge in [0, 0.05) is 50.4 Å². The zero-order valence-corrected chi connectivity index (χ0v) is 18.0. The van der Waals surface area contributed by atoms with Crippen molar-refractivity contribution in [3.05, 3.63) is 15.6 Å². The number of aryl methyl sites for hydroxylation is 2. The molecule has 6 nitrogen and oxygen atoms in total. The quantitative estimate of drug-likeness (QED) is 0.384. The third-order valence-corrected chi connectivity index (χ3v) is 5.85. The van der Waals surface area contributed by atoms with Crippen LogP contribution in [0.3, 0.4) is 0 Å². The minimum Gasteiger partial charge on any atom is -0.357 e. The molecule has 0 aromatic carbocycles. The second-order valence-electron chi connectivity index (χ2n) is 6.95. The summed E-state index contributed by atoms with van der Waals surface area (Å²) in [5.41, 5.74) is 1.22. The molecule has 1 aromatic heterocycles. The second kappa shape index (κ2) is 12.0. The van der Waals surface area contributed by atoms with E-state index in [2.05, 4.69) is 36.4 Å². The van der Waals surface area contributed by atoms with E-state index in [0.717, 1.165) is 70.8 Å². The normalized spacial score (nSPS) is 15.7.